The Labute approximate surface area is 109 Å². The number of nitrogens with one attached hydrogen (secondary N) is 1. The zero-order chi connectivity index (χ0) is 13.9. The van der Waals surface area contributed by atoms with Gasteiger partial charge in [0.15, 0.2) is 0 Å². The van der Waals surface area contributed by atoms with Gasteiger partial charge in [-0.25, -0.2) is 13.1 Å². The summed E-state index contributed by atoms with van der Waals surface area (Å²) in [5.41, 5.74) is 5.72. The molecule has 18 heavy (non-hydrogen) atoms. The molecule has 0 aromatic heterocycles. The van der Waals surface area contributed by atoms with Crippen LogP contribution in [0, 0.1) is 5.92 Å². The van der Waals surface area contributed by atoms with Crippen molar-refractivity contribution in [1.82, 2.24) is 9.62 Å². The lowest BCUT2D eigenvalue weighted by Gasteiger charge is -2.40. The highest BCUT2D eigenvalue weighted by molar-refractivity contribution is 7.88. The second-order valence-corrected chi connectivity index (χ2v) is 6.85. The first-order chi connectivity index (χ1) is 8.26. The average Bonchev–Trinajstić information content (AvgIpc) is 2.25. The van der Waals surface area contributed by atoms with Gasteiger partial charge in [0.2, 0.25) is 15.9 Å². The number of hydrogen-bond acceptors (Lipinski definition) is 4. The standard InChI is InChI=1S/C11H23N3O3S/c1-8-5-4-6-14(10(8)7-12)11(15)9(2)13-18(3,16)17/h8-10,13H,4-7,12H2,1-3H3/t8-,9+,10-/m1/s1. The normalized spacial score (nSPS) is 27.0. The zero-order valence-corrected chi connectivity index (χ0v) is 12.0. The molecule has 0 bridgehead atoms. The Kier molecular flexibility index (Phi) is 5.12. The van der Waals surface area contributed by atoms with Crippen LogP contribution in [0.5, 0.6) is 0 Å². The van der Waals surface area contributed by atoms with Crippen LogP contribution in [0.4, 0.5) is 0 Å². The van der Waals surface area contributed by atoms with E-state index in [1.807, 2.05) is 0 Å². The van der Waals surface area contributed by atoms with Crippen molar-refractivity contribution in [1.29, 1.82) is 0 Å². The predicted octanol–water partition coefficient (Wildman–Crippen LogP) is -0.490. The summed E-state index contributed by atoms with van der Waals surface area (Å²) in [6.45, 7) is 4.71. The van der Waals surface area contributed by atoms with E-state index in [2.05, 4.69) is 11.6 Å². The van der Waals surface area contributed by atoms with Crippen LogP contribution in [0.2, 0.25) is 0 Å². The molecule has 0 saturated carbocycles. The third-order valence-corrected chi connectivity index (χ3v) is 4.18. The molecule has 1 heterocycles. The molecule has 3 N–H and O–H groups in total. The Balaban J connectivity index is 2.75. The van der Waals surface area contributed by atoms with Gasteiger partial charge in [0.05, 0.1) is 12.3 Å². The van der Waals surface area contributed by atoms with Crippen LogP contribution in [0.15, 0.2) is 0 Å². The van der Waals surface area contributed by atoms with Crippen molar-refractivity contribution in [2.45, 2.75) is 38.8 Å². The summed E-state index contributed by atoms with van der Waals surface area (Å²) in [4.78, 5) is 14.0. The molecule has 0 aromatic rings. The van der Waals surface area contributed by atoms with Crippen molar-refractivity contribution in [3.05, 3.63) is 0 Å². The van der Waals surface area contributed by atoms with Crippen LogP contribution in [-0.2, 0) is 14.8 Å². The minimum absolute atomic E-state index is 0.00932. The van der Waals surface area contributed by atoms with E-state index < -0.39 is 16.1 Å². The summed E-state index contributed by atoms with van der Waals surface area (Å²) in [5, 5.41) is 0. The molecule has 1 rings (SSSR count). The summed E-state index contributed by atoms with van der Waals surface area (Å²) in [6, 6.07) is -0.727. The van der Waals surface area contributed by atoms with Gasteiger partial charge < -0.3 is 10.6 Å². The van der Waals surface area contributed by atoms with Crippen molar-refractivity contribution in [3.8, 4) is 0 Å². The van der Waals surface area contributed by atoms with Crippen molar-refractivity contribution < 1.29 is 13.2 Å². The maximum atomic E-state index is 12.2. The van der Waals surface area contributed by atoms with Crippen LogP contribution in [0.1, 0.15) is 26.7 Å². The molecule has 0 spiro atoms. The predicted molar refractivity (Wildman–Crippen MR) is 70.4 cm³/mol. The smallest absolute Gasteiger partial charge is 0.240 e. The van der Waals surface area contributed by atoms with Crippen molar-refractivity contribution >= 4 is 15.9 Å². The molecule has 0 radical (unpaired) electrons. The Morgan fingerprint density at radius 1 is 1.56 bits per heavy atom. The van der Waals surface area contributed by atoms with E-state index in [0.717, 1.165) is 19.1 Å². The molecule has 0 unspecified atom stereocenters. The van der Waals surface area contributed by atoms with Crippen LogP contribution in [0.3, 0.4) is 0 Å². The van der Waals surface area contributed by atoms with Gasteiger partial charge in [0.25, 0.3) is 0 Å². The maximum absolute atomic E-state index is 12.2. The van der Waals surface area contributed by atoms with E-state index in [1.54, 1.807) is 11.8 Å². The first-order valence-electron chi connectivity index (χ1n) is 6.24. The largest absolute Gasteiger partial charge is 0.337 e. The number of rotatable bonds is 4. The minimum atomic E-state index is -3.37. The highest BCUT2D eigenvalue weighted by Gasteiger charge is 2.33. The third-order valence-electron chi connectivity index (χ3n) is 3.40. The molecule has 7 heteroatoms. The molecule has 0 aliphatic carbocycles. The molecule has 1 aliphatic rings. The van der Waals surface area contributed by atoms with Gasteiger partial charge in [-0.05, 0) is 25.7 Å². The van der Waals surface area contributed by atoms with Crippen molar-refractivity contribution in [2.24, 2.45) is 11.7 Å². The van der Waals surface area contributed by atoms with E-state index in [4.69, 9.17) is 5.73 Å². The monoisotopic (exact) mass is 277 g/mol. The van der Waals surface area contributed by atoms with E-state index in [9.17, 15) is 13.2 Å². The number of likely N-dealkylation sites (tertiary alicyclic amines) is 1. The molecule has 6 nitrogen and oxygen atoms in total. The van der Waals surface area contributed by atoms with Gasteiger partial charge in [-0.1, -0.05) is 6.92 Å². The number of nitrogens with zero attached hydrogens (tertiary/aromatic N) is 1. The van der Waals surface area contributed by atoms with Crippen LogP contribution in [-0.4, -0.2) is 50.7 Å². The second kappa shape index (κ2) is 5.99. The summed E-state index contributed by atoms with van der Waals surface area (Å²) in [7, 11) is -3.37. The number of hydrogen-bond donors (Lipinski definition) is 2. The molecular weight excluding hydrogens is 254 g/mol. The molecular formula is C11H23N3O3S. The topological polar surface area (TPSA) is 92.5 Å². The number of piperidine rings is 1. The van der Waals surface area contributed by atoms with Gasteiger partial charge in [-0.15, -0.1) is 0 Å². The Hall–Kier alpha value is -0.660. The quantitative estimate of drug-likeness (QED) is 0.725. The van der Waals surface area contributed by atoms with E-state index in [0.29, 0.717) is 19.0 Å². The lowest BCUT2D eigenvalue weighted by molar-refractivity contribution is -0.137. The van der Waals surface area contributed by atoms with Crippen LogP contribution < -0.4 is 10.5 Å². The summed E-state index contributed by atoms with van der Waals surface area (Å²) < 4.78 is 24.6. The number of carbonyl (C=O) groups is 1. The molecule has 1 saturated heterocycles. The molecule has 3 atom stereocenters. The van der Waals surface area contributed by atoms with Gasteiger partial charge in [0.1, 0.15) is 0 Å². The molecule has 1 fully saturated rings. The first-order valence-corrected chi connectivity index (χ1v) is 8.13. The van der Waals surface area contributed by atoms with Crippen LogP contribution in [0.25, 0.3) is 0 Å². The van der Waals surface area contributed by atoms with Gasteiger partial charge in [0, 0.05) is 19.1 Å². The first kappa shape index (κ1) is 15.4. The number of amides is 1. The summed E-state index contributed by atoms with van der Waals surface area (Å²) >= 11 is 0. The SMILES string of the molecule is C[C@H](NS(C)(=O)=O)C(=O)N1CCC[C@@H](C)[C@H]1CN. The molecule has 106 valence electrons. The Bertz CT molecular complexity index is 396. The highest BCUT2D eigenvalue weighted by Crippen LogP contribution is 2.23. The lowest BCUT2D eigenvalue weighted by Crippen LogP contribution is -2.56. The third kappa shape index (κ3) is 3.93. The van der Waals surface area contributed by atoms with Gasteiger partial charge >= 0.3 is 0 Å². The van der Waals surface area contributed by atoms with E-state index >= 15 is 0 Å². The average molecular weight is 277 g/mol. The van der Waals surface area contributed by atoms with Gasteiger partial charge in [-0.3, -0.25) is 4.79 Å². The van der Waals surface area contributed by atoms with E-state index in [-0.39, 0.29) is 11.9 Å². The number of carbonyl (C=O) groups excluding carboxylic acids is 1. The zero-order valence-electron chi connectivity index (χ0n) is 11.2. The summed E-state index contributed by atoms with van der Waals surface area (Å²) in [5.74, 6) is 0.167. The fourth-order valence-corrected chi connectivity index (χ4v) is 3.25. The molecule has 1 amide bonds. The highest BCUT2D eigenvalue weighted by atomic mass is 32.2. The van der Waals surface area contributed by atoms with Crippen molar-refractivity contribution in [2.75, 3.05) is 19.3 Å². The van der Waals surface area contributed by atoms with Crippen molar-refractivity contribution in [3.63, 3.8) is 0 Å². The fraction of sp³-hybridized carbons (Fsp3) is 0.909. The Morgan fingerprint density at radius 2 is 2.17 bits per heavy atom. The Morgan fingerprint density at radius 3 is 2.67 bits per heavy atom. The fourth-order valence-electron chi connectivity index (χ4n) is 2.50. The van der Waals surface area contributed by atoms with Gasteiger partial charge in [-0.2, -0.15) is 0 Å². The molecule has 1 aliphatic heterocycles. The number of nitrogens with two attached hydrogens (primary N) is 1. The lowest BCUT2D eigenvalue weighted by atomic mass is 9.90. The van der Waals surface area contributed by atoms with Crippen LogP contribution >= 0.6 is 0 Å². The van der Waals surface area contributed by atoms with E-state index in [1.165, 1.54) is 0 Å². The summed E-state index contributed by atoms with van der Waals surface area (Å²) in [6.07, 6.45) is 3.05. The molecule has 0 aromatic carbocycles. The second-order valence-electron chi connectivity index (χ2n) is 5.07. The maximum Gasteiger partial charge on any atom is 0.240 e. The minimum Gasteiger partial charge on any atom is -0.337 e. The number of sulfonamides is 1.